The number of hydrogen-bond donors (Lipinski definition) is 1. The lowest BCUT2D eigenvalue weighted by atomic mass is 10.0. The molecule has 0 aliphatic carbocycles. The van der Waals surface area contributed by atoms with Crippen molar-refractivity contribution >= 4 is 17.3 Å². The number of halogens is 1. The first-order chi connectivity index (χ1) is 8.75. The molecule has 1 N–H and O–H groups in total. The Bertz CT molecular complexity index is 429. The Morgan fingerprint density at radius 1 is 1.33 bits per heavy atom. The molecule has 98 valence electrons. The molecular formula is C14H20ClN3. The number of nitrogens with zero attached hydrogens (tertiary/aromatic N) is 2. The quantitative estimate of drug-likeness (QED) is 0.880. The van der Waals surface area contributed by atoms with E-state index in [4.69, 9.17) is 11.6 Å². The molecule has 0 saturated carbocycles. The minimum Gasteiger partial charge on any atom is -0.372 e. The molecule has 3 rings (SSSR count). The van der Waals surface area contributed by atoms with E-state index in [1.54, 1.807) is 0 Å². The molecule has 0 radical (unpaired) electrons. The van der Waals surface area contributed by atoms with Crippen LogP contribution in [0.15, 0.2) is 18.2 Å². The molecule has 1 aromatic carbocycles. The third kappa shape index (κ3) is 2.22. The van der Waals surface area contributed by atoms with E-state index in [-0.39, 0.29) is 0 Å². The molecule has 1 aromatic rings. The lowest BCUT2D eigenvalue weighted by Crippen LogP contribution is -2.45. The maximum absolute atomic E-state index is 6.31. The van der Waals surface area contributed by atoms with Gasteiger partial charge in [-0.05, 0) is 11.6 Å². The number of nitrogens with one attached hydrogen (secondary N) is 1. The standard InChI is InChI=1S/C14H20ClN3/c1-17-9-11(10-18-7-5-16-6-8-18)12-3-2-4-13(15)14(12)17/h2-4,11,16H,5-10H2,1H3. The Balaban J connectivity index is 1.78. The predicted octanol–water partition coefficient (Wildman–Crippen LogP) is 1.78. The van der Waals surface area contributed by atoms with E-state index in [0.29, 0.717) is 5.92 Å². The molecule has 0 amide bonds. The number of rotatable bonds is 2. The van der Waals surface area contributed by atoms with Gasteiger partial charge in [0.05, 0.1) is 10.7 Å². The number of likely N-dealkylation sites (N-methyl/N-ethyl adjacent to an activating group) is 1. The Kier molecular flexibility index (Phi) is 3.46. The maximum atomic E-state index is 6.31. The third-order valence-corrected chi connectivity index (χ3v) is 4.33. The molecule has 1 atom stereocenters. The number of fused-ring (bicyclic) bond motifs is 1. The van der Waals surface area contributed by atoms with Crippen molar-refractivity contribution in [3.63, 3.8) is 0 Å². The van der Waals surface area contributed by atoms with Crippen molar-refractivity contribution in [3.05, 3.63) is 28.8 Å². The molecule has 0 aromatic heterocycles. The minimum absolute atomic E-state index is 0.599. The summed E-state index contributed by atoms with van der Waals surface area (Å²) in [5.74, 6) is 0.599. The number of hydrogen-bond acceptors (Lipinski definition) is 3. The molecule has 1 fully saturated rings. The monoisotopic (exact) mass is 265 g/mol. The van der Waals surface area contributed by atoms with Crippen LogP contribution < -0.4 is 10.2 Å². The van der Waals surface area contributed by atoms with Crippen molar-refractivity contribution in [2.75, 3.05) is 51.2 Å². The van der Waals surface area contributed by atoms with E-state index in [9.17, 15) is 0 Å². The van der Waals surface area contributed by atoms with Crippen molar-refractivity contribution in [2.24, 2.45) is 0 Å². The Morgan fingerprint density at radius 2 is 2.11 bits per heavy atom. The number of anilines is 1. The average molecular weight is 266 g/mol. The van der Waals surface area contributed by atoms with Gasteiger partial charge in [-0.3, -0.25) is 0 Å². The largest absolute Gasteiger partial charge is 0.372 e. The second-order valence-corrected chi connectivity index (χ2v) is 5.71. The first-order valence-corrected chi connectivity index (χ1v) is 7.06. The van der Waals surface area contributed by atoms with Crippen LogP contribution in [-0.4, -0.2) is 51.2 Å². The zero-order valence-electron chi connectivity index (χ0n) is 10.8. The number of para-hydroxylation sites is 1. The van der Waals surface area contributed by atoms with E-state index in [0.717, 1.165) is 44.3 Å². The average Bonchev–Trinajstić information content (AvgIpc) is 2.69. The molecule has 4 heteroatoms. The molecule has 2 heterocycles. The highest BCUT2D eigenvalue weighted by molar-refractivity contribution is 6.33. The predicted molar refractivity (Wildman–Crippen MR) is 76.8 cm³/mol. The van der Waals surface area contributed by atoms with E-state index in [1.807, 2.05) is 6.07 Å². The van der Waals surface area contributed by atoms with Gasteiger partial charge >= 0.3 is 0 Å². The van der Waals surface area contributed by atoms with Crippen LogP contribution in [0, 0.1) is 0 Å². The summed E-state index contributed by atoms with van der Waals surface area (Å²) in [6.07, 6.45) is 0. The van der Waals surface area contributed by atoms with Gasteiger partial charge in [-0.2, -0.15) is 0 Å². The summed E-state index contributed by atoms with van der Waals surface area (Å²) >= 11 is 6.31. The normalized spacial score (nSPS) is 24.3. The highest BCUT2D eigenvalue weighted by atomic mass is 35.5. The van der Waals surface area contributed by atoms with Crippen molar-refractivity contribution in [1.29, 1.82) is 0 Å². The van der Waals surface area contributed by atoms with Crippen molar-refractivity contribution in [3.8, 4) is 0 Å². The first-order valence-electron chi connectivity index (χ1n) is 6.68. The summed E-state index contributed by atoms with van der Waals surface area (Å²) < 4.78 is 0. The van der Waals surface area contributed by atoms with E-state index in [1.165, 1.54) is 11.3 Å². The van der Waals surface area contributed by atoms with Gasteiger partial charge in [-0.15, -0.1) is 0 Å². The van der Waals surface area contributed by atoms with Crippen LogP contribution in [0.2, 0.25) is 5.02 Å². The van der Waals surface area contributed by atoms with E-state index in [2.05, 4.69) is 34.3 Å². The zero-order chi connectivity index (χ0) is 12.5. The lowest BCUT2D eigenvalue weighted by molar-refractivity contribution is 0.230. The molecule has 0 bridgehead atoms. The fourth-order valence-electron chi connectivity index (χ4n) is 3.15. The van der Waals surface area contributed by atoms with Gasteiger partial charge in [0.2, 0.25) is 0 Å². The molecule has 1 saturated heterocycles. The summed E-state index contributed by atoms with van der Waals surface area (Å²) in [4.78, 5) is 4.86. The maximum Gasteiger partial charge on any atom is 0.0642 e. The summed E-state index contributed by atoms with van der Waals surface area (Å²) in [5, 5.41) is 4.29. The van der Waals surface area contributed by atoms with Crippen molar-refractivity contribution < 1.29 is 0 Å². The summed E-state index contributed by atoms with van der Waals surface area (Å²) in [7, 11) is 2.14. The van der Waals surface area contributed by atoms with E-state index < -0.39 is 0 Å². The molecule has 18 heavy (non-hydrogen) atoms. The fourth-order valence-corrected chi connectivity index (χ4v) is 3.47. The summed E-state index contributed by atoms with van der Waals surface area (Å²) in [6.45, 7) is 6.80. The number of benzene rings is 1. The number of piperazine rings is 1. The lowest BCUT2D eigenvalue weighted by Gasteiger charge is -2.29. The third-order valence-electron chi connectivity index (χ3n) is 4.02. The van der Waals surface area contributed by atoms with Gasteiger partial charge in [0.25, 0.3) is 0 Å². The molecule has 1 unspecified atom stereocenters. The summed E-state index contributed by atoms with van der Waals surface area (Å²) in [6, 6.07) is 6.30. The molecule has 2 aliphatic rings. The second kappa shape index (κ2) is 5.08. The Labute approximate surface area is 114 Å². The highest BCUT2D eigenvalue weighted by Gasteiger charge is 2.29. The SMILES string of the molecule is CN1CC(CN2CCNCC2)c2cccc(Cl)c21. The van der Waals surface area contributed by atoms with Gasteiger partial charge in [0.15, 0.2) is 0 Å². The molecular weight excluding hydrogens is 246 g/mol. The van der Waals surface area contributed by atoms with Crippen molar-refractivity contribution in [1.82, 2.24) is 10.2 Å². The highest BCUT2D eigenvalue weighted by Crippen LogP contribution is 2.40. The van der Waals surface area contributed by atoms with Gasteiger partial charge in [0.1, 0.15) is 0 Å². The van der Waals surface area contributed by atoms with Gasteiger partial charge in [0, 0.05) is 52.2 Å². The zero-order valence-corrected chi connectivity index (χ0v) is 11.6. The Hall–Kier alpha value is -0.770. The van der Waals surface area contributed by atoms with Crippen LogP contribution in [0.1, 0.15) is 11.5 Å². The van der Waals surface area contributed by atoms with Crippen LogP contribution in [0.4, 0.5) is 5.69 Å². The second-order valence-electron chi connectivity index (χ2n) is 5.31. The molecule has 0 spiro atoms. The summed E-state index contributed by atoms with van der Waals surface area (Å²) in [5.41, 5.74) is 2.66. The smallest absolute Gasteiger partial charge is 0.0642 e. The van der Waals surface area contributed by atoms with Crippen LogP contribution in [0.5, 0.6) is 0 Å². The minimum atomic E-state index is 0.599. The van der Waals surface area contributed by atoms with Crippen LogP contribution in [-0.2, 0) is 0 Å². The molecule has 3 nitrogen and oxygen atoms in total. The molecule has 2 aliphatic heterocycles. The van der Waals surface area contributed by atoms with Gasteiger partial charge in [-0.25, -0.2) is 0 Å². The Morgan fingerprint density at radius 3 is 2.89 bits per heavy atom. The fraction of sp³-hybridized carbons (Fsp3) is 0.571. The topological polar surface area (TPSA) is 18.5 Å². The van der Waals surface area contributed by atoms with E-state index >= 15 is 0 Å². The first kappa shape index (κ1) is 12.3. The van der Waals surface area contributed by atoms with Crippen LogP contribution in [0.25, 0.3) is 0 Å². The van der Waals surface area contributed by atoms with Gasteiger partial charge < -0.3 is 15.1 Å². The van der Waals surface area contributed by atoms with Crippen LogP contribution in [0.3, 0.4) is 0 Å². The van der Waals surface area contributed by atoms with Crippen LogP contribution >= 0.6 is 11.6 Å². The van der Waals surface area contributed by atoms with Crippen molar-refractivity contribution in [2.45, 2.75) is 5.92 Å². The van der Waals surface area contributed by atoms with Gasteiger partial charge in [-0.1, -0.05) is 23.7 Å².